The van der Waals surface area contributed by atoms with Gasteiger partial charge in [0.25, 0.3) is 5.92 Å². The summed E-state index contributed by atoms with van der Waals surface area (Å²) in [5.74, 6) is -2.73. The van der Waals surface area contributed by atoms with Gasteiger partial charge in [0.15, 0.2) is 0 Å². The van der Waals surface area contributed by atoms with Crippen LogP contribution in [0.2, 0.25) is 0 Å². The first-order valence-electron chi connectivity index (χ1n) is 4.05. The molecule has 3 nitrogen and oxygen atoms in total. The van der Waals surface area contributed by atoms with Crippen molar-refractivity contribution in [3.8, 4) is 0 Å². The smallest absolute Gasteiger partial charge is 0.290 e. The van der Waals surface area contributed by atoms with Gasteiger partial charge in [0, 0.05) is 6.92 Å². The Morgan fingerprint density at radius 1 is 1.62 bits per heavy atom. The van der Waals surface area contributed by atoms with Crippen molar-refractivity contribution in [2.24, 2.45) is 5.73 Å². The van der Waals surface area contributed by atoms with Gasteiger partial charge in [-0.25, -0.2) is 4.98 Å². The van der Waals surface area contributed by atoms with Gasteiger partial charge in [-0.1, -0.05) is 0 Å². The van der Waals surface area contributed by atoms with Crippen LogP contribution < -0.4 is 5.73 Å². The number of halogens is 2. The van der Waals surface area contributed by atoms with Crippen LogP contribution in [0.3, 0.4) is 0 Å². The first-order chi connectivity index (χ1) is 5.92. The molecule has 13 heavy (non-hydrogen) atoms. The van der Waals surface area contributed by atoms with Gasteiger partial charge in [-0.3, -0.25) is 0 Å². The maximum atomic E-state index is 12.7. The molecule has 1 saturated carbocycles. The van der Waals surface area contributed by atoms with Crippen LogP contribution in [0.4, 0.5) is 8.78 Å². The number of hydrogen-bond acceptors (Lipinski definition) is 3. The van der Waals surface area contributed by atoms with Crippen molar-refractivity contribution < 1.29 is 13.2 Å². The highest BCUT2D eigenvalue weighted by molar-refractivity contribution is 5.15. The van der Waals surface area contributed by atoms with E-state index in [0.717, 1.165) is 26.0 Å². The Hall–Kier alpha value is -0.970. The van der Waals surface area contributed by atoms with Crippen LogP contribution in [0.1, 0.15) is 31.4 Å². The lowest BCUT2D eigenvalue weighted by Crippen LogP contribution is -2.19. The summed E-state index contributed by atoms with van der Waals surface area (Å²) >= 11 is 0. The molecule has 1 aliphatic carbocycles. The molecule has 0 saturated heterocycles. The second-order valence-corrected chi connectivity index (χ2v) is 3.58. The Balaban J connectivity index is 2.29. The summed E-state index contributed by atoms with van der Waals surface area (Å²) in [7, 11) is 0. The zero-order valence-electron chi connectivity index (χ0n) is 7.18. The lowest BCUT2D eigenvalue weighted by Gasteiger charge is -2.04. The highest BCUT2D eigenvalue weighted by atomic mass is 19.3. The van der Waals surface area contributed by atoms with Gasteiger partial charge in [-0.2, -0.15) is 8.78 Å². The van der Waals surface area contributed by atoms with Crippen molar-refractivity contribution in [3.63, 3.8) is 0 Å². The van der Waals surface area contributed by atoms with E-state index < -0.39 is 11.5 Å². The molecule has 1 fully saturated rings. The van der Waals surface area contributed by atoms with Gasteiger partial charge in [0.1, 0.15) is 12.0 Å². The predicted molar refractivity (Wildman–Crippen MR) is 41.2 cm³/mol. The highest BCUT2D eigenvalue weighted by Crippen LogP contribution is 2.42. The van der Waals surface area contributed by atoms with Gasteiger partial charge in [0.05, 0.1) is 5.54 Å². The van der Waals surface area contributed by atoms with Crippen LogP contribution >= 0.6 is 0 Å². The van der Waals surface area contributed by atoms with Gasteiger partial charge >= 0.3 is 0 Å². The molecule has 0 bridgehead atoms. The Labute approximate surface area is 73.9 Å². The molecule has 1 heterocycles. The predicted octanol–water partition coefficient (Wildman–Crippen LogP) is 1.73. The second-order valence-electron chi connectivity index (χ2n) is 3.58. The molecule has 2 N–H and O–H groups in total. The van der Waals surface area contributed by atoms with Crippen LogP contribution in [-0.4, -0.2) is 4.98 Å². The van der Waals surface area contributed by atoms with Gasteiger partial charge in [-0.05, 0) is 12.8 Å². The molecule has 72 valence electrons. The zero-order valence-corrected chi connectivity index (χ0v) is 7.18. The van der Waals surface area contributed by atoms with E-state index in [9.17, 15) is 8.78 Å². The van der Waals surface area contributed by atoms with Crippen molar-refractivity contribution in [1.29, 1.82) is 0 Å². The number of oxazole rings is 1. The SMILES string of the molecule is CC(F)(F)c1coc(C2(N)CC2)n1. The van der Waals surface area contributed by atoms with Gasteiger partial charge in [0.2, 0.25) is 5.89 Å². The summed E-state index contributed by atoms with van der Waals surface area (Å²) < 4.78 is 30.3. The molecular formula is C8H10F2N2O. The van der Waals surface area contributed by atoms with Gasteiger partial charge < -0.3 is 10.2 Å². The van der Waals surface area contributed by atoms with Crippen LogP contribution in [0.5, 0.6) is 0 Å². The molecule has 0 aliphatic heterocycles. The first-order valence-corrected chi connectivity index (χ1v) is 4.05. The summed E-state index contributed by atoms with van der Waals surface area (Å²) in [6.07, 6.45) is 2.48. The highest BCUT2D eigenvalue weighted by Gasteiger charge is 2.45. The van der Waals surface area contributed by atoms with Crippen LogP contribution in [0, 0.1) is 0 Å². The molecule has 1 aromatic heterocycles. The number of hydrogen-bond donors (Lipinski definition) is 1. The van der Waals surface area contributed by atoms with E-state index in [1.165, 1.54) is 0 Å². The van der Waals surface area contributed by atoms with Crippen molar-refractivity contribution in [3.05, 3.63) is 17.8 Å². The van der Waals surface area contributed by atoms with Crippen LogP contribution in [0.25, 0.3) is 0 Å². The molecule has 0 unspecified atom stereocenters. The fourth-order valence-electron chi connectivity index (χ4n) is 1.05. The summed E-state index contributed by atoms with van der Waals surface area (Å²) in [5.41, 5.74) is 4.80. The summed E-state index contributed by atoms with van der Waals surface area (Å²) in [6, 6.07) is 0. The lowest BCUT2D eigenvalue weighted by molar-refractivity contribution is 0.0126. The molecule has 0 aromatic carbocycles. The number of nitrogens with zero attached hydrogens (tertiary/aromatic N) is 1. The summed E-state index contributed by atoms with van der Waals surface area (Å²) in [4.78, 5) is 3.67. The molecule has 0 amide bonds. The van der Waals surface area contributed by atoms with E-state index in [4.69, 9.17) is 10.2 Å². The largest absolute Gasteiger partial charge is 0.446 e. The molecule has 0 spiro atoms. The third-order valence-electron chi connectivity index (χ3n) is 2.17. The minimum absolute atomic E-state index is 0.226. The van der Waals surface area contributed by atoms with Gasteiger partial charge in [-0.15, -0.1) is 0 Å². The average Bonchev–Trinajstić information content (AvgIpc) is 2.60. The third kappa shape index (κ3) is 1.44. The normalized spacial score (nSPS) is 20.3. The molecular weight excluding hydrogens is 178 g/mol. The van der Waals surface area contributed by atoms with E-state index in [0.29, 0.717) is 0 Å². The van der Waals surface area contributed by atoms with Crippen molar-refractivity contribution in [2.45, 2.75) is 31.2 Å². The van der Waals surface area contributed by atoms with E-state index in [1.807, 2.05) is 0 Å². The van der Waals surface area contributed by atoms with E-state index >= 15 is 0 Å². The molecule has 0 radical (unpaired) electrons. The third-order valence-corrected chi connectivity index (χ3v) is 2.17. The number of alkyl halides is 2. The zero-order chi connectivity index (χ0) is 9.69. The summed E-state index contributed by atoms with van der Waals surface area (Å²) in [5, 5.41) is 0. The van der Waals surface area contributed by atoms with E-state index in [-0.39, 0.29) is 11.6 Å². The number of nitrogens with two attached hydrogens (primary N) is 1. The topological polar surface area (TPSA) is 52.0 Å². The maximum absolute atomic E-state index is 12.7. The van der Waals surface area contributed by atoms with Crippen molar-refractivity contribution in [1.82, 2.24) is 4.98 Å². The van der Waals surface area contributed by atoms with E-state index in [1.54, 1.807) is 0 Å². The molecule has 2 rings (SSSR count). The molecule has 1 aliphatic rings. The molecule has 0 atom stereocenters. The summed E-state index contributed by atoms with van der Waals surface area (Å²) in [6.45, 7) is 0.782. The fraction of sp³-hybridized carbons (Fsp3) is 0.625. The second kappa shape index (κ2) is 2.29. The number of rotatable bonds is 2. The monoisotopic (exact) mass is 188 g/mol. The molecule has 5 heteroatoms. The Morgan fingerprint density at radius 2 is 2.23 bits per heavy atom. The van der Waals surface area contributed by atoms with E-state index in [2.05, 4.69) is 4.98 Å². The fourth-order valence-corrected chi connectivity index (χ4v) is 1.05. The minimum Gasteiger partial charge on any atom is -0.446 e. The van der Waals surface area contributed by atoms with Crippen molar-refractivity contribution >= 4 is 0 Å². The van der Waals surface area contributed by atoms with Crippen LogP contribution in [-0.2, 0) is 11.5 Å². The minimum atomic E-state index is -2.95. The quantitative estimate of drug-likeness (QED) is 0.768. The Bertz CT molecular complexity index is 305. The standard InChI is InChI=1S/C8H10F2N2O/c1-7(9,10)5-4-13-6(12-5)8(11)2-3-8/h4H,2-3,11H2,1H3. The Kier molecular flexibility index (Phi) is 1.52. The van der Waals surface area contributed by atoms with Crippen molar-refractivity contribution in [2.75, 3.05) is 0 Å². The average molecular weight is 188 g/mol. The van der Waals surface area contributed by atoms with Crippen LogP contribution in [0.15, 0.2) is 10.7 Å². The first kappa shape index (κ1) is 8.62. The Morgan fingerprint density at radius 3 is 2.62 bits per heavy atom. The number of aromatic nitrogens is 1. The lowest BCUT2D eigenvalue weighted by atomic mass is 10.3. The maximum Gasteiger partial charge on any atom is 0.290 e. The molecule has 1 aromatic rings.